The van der Waals surface area contributed by atoms with E-state index in [4.69, 9.17) is 9.79 Å². The van der Waals surface area contributed by atoms with E-state index in [0.717, 1.165) is 5.56 Å². The van der Waals surface area contributed by atoms with Gasteiger partial charge in [0.25, 0.3) is 0 Å². The second-order valence-corrected chi connectivity index (χ2v) is 3.75. The van der Waals surface area contributed by atoms with Gasteiger partial charge in [-0.3, -0.25) is 0 Å². The zero-order chi connectivity index (χ0) is 12.0. The monoisotopic (exact) mass is 244 g/mol. The first-order valence-corrected chi connectivity index (χ1v) is 5.78. The van der Waals surface area contributed by atoms with Crippen molar-refractivity contribution in [2.45, 2.75) is 6.42 Å². The Labute approximate surface area is 94.6 Å². The highest BCUT2D eigenvalue weighted by Crippen LogP contribution is 2.24. The molecule has 88 valence electrons. The van der Waals surface area contributed by atoms with E-state index in [-0.39, 0.29) is 6.61 Å². The number of methoxy groups -OCH3 is 1. The number of rotatable bonds is 5. The quantitative estimate of drug-likeness (QED) is 0.602. The number of hydrogen-bond donors (Lipinski definition) is 2. The van der Waals surface area contributed by atoms with E-state index in [9.17, 15) is 4.79 Å². The van der Waals surface area contributed by atoms with Gasteiger partial charge in [0.1, 0.15) is 0 Å². The molecular formula is C10H13O5P. The van der Waals surface area contributed by atoms with Crippen molar-refractivity contribution >= 4 is 14.6 Å². The number of hydrogen-bond acceptors (Lipinski definition) is 5. The smallest absolute Gasteiger partial charge is 0.338 e. The third kappa shape index (κ3) is 3.87. The molecular weight excluding hydrogens is 231 g/mol. The highest BCUT2D eigenvalue weighted by atomic mass is 31.2. The van der Waals surface area contributed by atoms with Crippen molar-refractivity contribution in [3.05, 3.63) is 35.4 Å². The first kappa shape index (κ1) is 13.1. The van der Waals surface area contributed by atoms with Crippen LogP contribution in [0, 0.1) is 0 Å². The van der Waals surface area contributed by atoms with E-state index < -0.39 is 14.6 Å². The summed E-state index contributed by atoms with van der Waals surface area (Å²) in [4.78, 5) is 28.5. The van der Waals surface area contributed by atoms with Crippen LogP contribution in [0.3, 0.4) is 0 Å². The van der Waals surface area contributed by atoms with Gasteiger partial charge in [-0.1, -0.05) is 18.2 Å². The lowest BCUT2D eigenvalue weighted by atomic mass is 10.1. The molecule has 0 heterocycles. The molecule has 0 aromatic heterocycles. The van der Waals surface area contributed by atoms with Crippen LogP contribution in [0.1, 0.15) is 15.9 Å². The molecule has 0 saturated heterocycles. The maximum absolute atomic E-state index is 11.4. The minimum absolute atomic E-state index is 0.146. The molecule has 0 spiro atoms. The third-order valence-electron chi connectivity index (χ3n) is 2.00. The average molecular weight is 244 g/mol. The molecule has 0 aliphatic rings. The van der Waals surface area contributed by atoms with Crippen molar-refractivity contribution in [1.29, 1.82) is 0 Å². The van der Waals surface area contributed by atoms with Gasteiger partial charge < -0.3 is 19.0 Å². The zero-order valence-corrected chi connectivity index (χ0v) is 9.68. The summed E-state index contributed by atoms with van der Waals surface area (Å²) in [6.07, 6.45) is 0.422. The van der Waals surface area contributed by atoms with Crippen molar-refractivity contribution in [2.75, 3.05) is 13.7 Å². The molecule has 0 atom stereocenters. The van der Waals surface area contributed by atoms with Crippen LogP contribution in [0.15, 0.2) is 24.3 Å². The Kier molecular flexibility index (Phi) is 5.35. The fraction of sp³-hybridized carbons (Fsp3) is 0.300. The lowest BCUT2D eigenvalue weighted by Crippen LogP contribution is -2.07. The molecule has 6 heteroatoms. The molecule has 2 N–H and O–H groups in total. The SMILES string of the molecule is COC(=O)c1ccccc1CCOP(O)O. The van der Waals surface area contributed by atoms with Gasteiger partial charge in [0.15, 0.2) is 0 Å². The Morgan fingerprint density at radius 3 is 2.69 bits per heavy atom. The van der Waals surface area contributed by atoms with E-state index in [1.165, 1.54) is 7.11 Å². The van der Waals surface area contributed by atoms with Gasteiger partial charge in [-0.2, -0.15) is 0 Å². The van der Waals surface area contributed by atoms with Crippen LogP contribution in [0.4, 0.5) is 0 Å². The zero-order valence-electron chi connectivity index (χ0n) is 8.79. The van der Waals surface area contributed by atoms with E-state index >= 15 is 0 Å². The first-order chi connectivity index (χ1) is 7.65. The largest absolute Gasteiger partial charge is 0.465 e. The molecule has 1 aromatic carbocycles. The number of benzene rings is 1. The Hall–Kier alpha value is -1.00. The van der Waals surface area contributed by atoms with Gasteiger partial charge in [-0.15, -0.1) is 0 Å². The fourth-order valence-corrected chi connectivity index (χ4v) is 1.54. The minimum atomic E-state index is -2.34. The number of esters is 1. The molecule has 0 fully saturated rings. The topological polar surface area (TPSA) is 76.0 Å². The van der Waals surface area contributed by atoms with Crippen molar-refractivity contribution < 1.29 is 23.8 Å². The molecule has 1 aromatic rings. The third-order valence-corrected chi connectivity index (χ3v) is 2.41. The summed E-state index contributed by atoms with van der Waals surface area (Å²) >= 11 is 0. The maximum atomic E-state index is 11.4. The predicted octanol–water partition coefficient (Wildman–Crippen LogP) is 1.24. The maximum Gasteiger partial charge on any atom is 0.338 e. The molecule has 16 heavy (non-hydrogen) atoms. The molecule has 0 saturated carbocycles. The van der Waals surface area contributed by atoms with Gasteiger partial charge in [-0.05, 0) is 18.1 Å². The van der Waals surface area contributed by atoms with E-state index in [1.54, 1.807) is 24.3 Å². The van der Waals surface area contributed by atoms with Crippen molar-refractivity contribution in [1.82, 2.24) is 0 Å². The summed E-state index contributed by atoms with van der Waals surface area (Å²) < 4.78 is 9.27. The van der Waals surface area contributed by atoms with Crippen molar-refractivity contribution in [3.63, 3.8) is 0 Å². The minimum Gasteiger partial charge on any atom is -0.465 e. The van der Waals surface area contributed by atoms with Gasteiger partial charge in [0.2, 0.25) is 0 Å². The lowest BCUT2D eigenvalue weighted by molar-refractivity contribution is 0.0599. The van der Waals surface area contributed by atoms with Crippen LogP contribution in [0.5, 0.6) is 0 Å². The van der Waals surface area contributed by atoms with Crippen LogP contribution in [0.2, 0.25) is 0 Å². The summed E-state index contributed by atoms with van der Waals surface area (Å²) in [5.41, 5.74) is 1.22. The Morgan fingerprint density at radius 2 is 2.06 bits per heavy atom. The molecule has 0 unspecified atom stereocenters. The Bertz CT molecular complexity index is 353. The van der Waals surface area contributed by atoms with Crippen LogP contribution >= 0.6 is 8.60 Å². The number of carbonyl (C=O) groups excluding carboxylic acids is 1. The second kappa shape index (κ2) is 6.55. The van der Waals surface area contributed by atoms with E-state index in [2.05, 4.69) is 9.26 Å². The van der Waals surface area contributed by atoms with Gasteiger partial charge in [-0.25, -0.2) is 4.79 Å². The standard InChI is InChI=1S/C10H13O5P/c1-14-10(11)9-5-3-2-4-8(9)6-7-15-16(12)13/h2-5,12-13H,6-7H2,1H3. The molecule has 0 aliphatic carbocycles. The van der Waals surface area contributed by atoms with Gasteiger partial charge in [0, 0.05) is 0 Å². The Balaban J connectivity index is 2.67. The normalized spacial score (nSPS) is 10.5. The summed E-state index contributed by atoms with van der Waals surface area (Å²) in [5, 5.41) is 0. The second-order valence-electron chi connectivity index (χ2n) is 2.98. The van der Waals surface area contributed by atoms with Crippen LogP contribution < -0.4 is 0 Å². The molecule has 5 nitrogen and oxygen atoms in total. The van der Waals surface area contributed by atoms with Gasteiger partial charge >= 0.3 is 14.6 Å². The summed E-state index contributed by atoms with van der Waals surface area (Å²) in [6.45, 7) is 0.146. The fourth-order valence-electron chi connectivity index (χ4n) is 1.28. The highest BCUT2D eigenvalue weighted by molar-refractivity contribution is 7.39. The van der Waals surface area contributed by atoms with Crippen LogP contribution in [0.25, 0.3) is 0 Å². The van der Waals surface area contributed by atoms with Crippen molar-refractivity contribution in [3.8, 4) is 0 Å². The molecule has 1 rings (SSSR count). The molecule has 0 aliphatic heterocycles. The van der Waals surface area contributed by atoms with E-state index in [0.29, 0.717) is 12.0 Å². The average Bonchev–Trinajstić information content (AvgIpc) is 2.28. The summed E-state index contributed by atoms with van der Waals surface area (Å²) in [7, 11) is -1.03. The number of ether oxygens (including phenoxy) is 1. The van der Waals surface area contributed by atoms with E-state index in [1.807, 2.05) is 0 Å². The molecule has 0 bridgehead atoms. The summed E-state index contributed by atoms with van der Waals surface area (Å²) in [5.74, 6) is -0.411. The Morgan fingerprint density at radius 1 is 1.38 bits per heavy atom. The first-order valence-electron chi connectivity index (χ1n) is 4.62. The predicted molar refractivity (Wildman–Crippen MR) is 58.8 cm³/mol. The summed E-state index contributed by atoms with van der Waals surface area (Å²) in [6, 6.07) is 6.96. The number of carbonyl (C=O) groups is 1. The lowest BCUT2D eigenvalue weighted by Gasteiger charge is -2.08. The van der Waals surface area contributed by atoms with Crippen LogP contribution in [-0.4, -0.2) is 29.5 Å². The highest BCUT2D eigenvalue weighted by Gasteiger charge is 2.11. The van der Waals surface area contributed by atoms with Crippen LogP contribution in [-0.2, 0) is 15.7 Å². The molecule has 0 amide bonds. The van der Waals surface area contributed by atoms with Gasteiger partial charge in [0.05, 0.1) is 19.3 Å². The molecule has 0 radical (unpaired) electrons. The van der Waals surface area contributed by atoms with Crippen molar-refractivity contribution in [2.24, 2.45) is 0 Å².